The molecule has 2 N–H and O–H groups in total. The first-order chi connectivity index (χ1) is 8.58. The molecule has 1 amide bonds. The van der Waals surface area contributed by atoms with Gasteiger partial charge in [0.15, 0.2) is 0 Å². The van der Waals surface area contributed by atoms with Crippen molar-refractivity contribution in [2.75, 3.05) is 0 Å². The van der Waals surface area contributed by atoms with Crippen LogP contribution in [0.2, 0.25) is 0 Å². The fourth-order valence-electron chi connectivity index (χ4n) is 1.62. The van der Waals surface area contributed by atoms with Gasteiger partial charge in [0.05, 0.1) is 6.54 Å². The monoisotopic (exact) mass is 269 g/mol. The van der Waals surface area contributed by atoms with Gasteiger partial charge in [0, 0.05) is 23.1 Å². The molecule has 5 heteroatoms. The van der Waals surface area contributed by atoms with Crippen molar-refractivity contribution >= 4 is 23.2 Å². The third-order valence-corrected chi connectivity index (χ3v) is 3.69. The molecule has 1 aromatic heterocycles. The number of hydrogen-bond donors (Lipinski definition) is 2. The number of unbranched alkanes of at least 4 members (excludes halogenated alkanes) is 2. The van der Waals surface area contributed by atoms with E-state index in [1.54, 1.807) is 11.3 Å². The second-order valence-electron chi connectivity index (χ2n) is 4.23. The van der Waals surface area contributed by atoms with E-state index < -0.39 is 5.97 Å². The molecule has 0 unspecified atom stereocenters. The van der Waals surface area contributed by atoms with Gasteiger partial charge in [0.25, 0.3) is 0 Å². The molecule has 0 spiro atoms. The van der Waals surface area contributed by atoms with E-state index in [9.17, 15) is 9.59 Å². The Hall–Kier alpha value is -1.36. The standard InChI is InChI=1S/C13H19NO3S/c1-10(15)14-9-12-8-7-11(18-12)5-3-2-4-6-13(16)17/h7-8H,2-6,9H2,1H3,(H,14,15)(H,16,17). The van der Waals surface area contributed by atoms with E-state index in [1.807, 2.05) is 6.07 Å². The van der Waals surface area contributed by atoms with Gasteiger partial charge < -0.3 is 10.4 Å². The molecular weight excluding hydrogens is 250 g/mol. The first-order valence-electron chi connectivity index (χ1n) is 6.12. The van der Waals surface area contributed by atoms with Crippen LogP contribution in [0.4, 0.5) is 0 Å². The summed E-state index contributed by atoms with van der Waals surface area (Å²) in [5.41, 5.74) is 0. The molecule has 0 atom stereocenters. The van der Waals surface area contributed by atoms with Crippen molar-refractivity contribution in [1.29, 1.82) is 0 Å². The molecule has 1 aromatic rings. The van der Waals surface area contributed by atoms with Crippen LogP contribution in [0, 0.1) is 0 Å². The zero-order chi connectivity index (χ0) is 13.4. The summed E-state index contributed by atoms with van der Waals surface area (Å²) < 4.78 is 0. The summed E-state index contributed by atoms with van der Waals surface area (Å²) in [6, 6.07) is 4.12. The number of thiophene rings is 1. The van der Waals surface area contributed by atoms with E-state index in [2.05, 4.69) is 11.4 Å². The molecule has 100 valence electrons. The van der Waals surface area contributed by atoms with Crippen LogP contribution in [-0.4, -0.2) is 17.0 Å². The van der Waals surface area contributed by atoms with Gasteiger partial charge in [-0.25, -0.2) is 0 Å². The number of rotatable bonds is 8. The second kappa shape index (κ2) is 7.87. The summed E-state index contributed by atoms with van der Waals surface area (Å²) in [4.78, 5) is 23.6. The smallest absolute Gasteiger partial charge is 0.303 e. The van der Waals surface area contributed by atoms with Gasteiger partial charge >= 0.3 is 5.97 Å². The molecule has 0 aliphatic carbocycles. The van der Waals surface area contributed by atoms with Crippen LogP contribution in [0.3, 0.4) is 0 Å². The molecular formula is C13H19NO3S. The minimum absolute atomic E-state index is 0.0152. The predicted octanol–water partition coefficient (Wildman–Crippen LogP) is 2.57. The Morgan fingerprint density at radius 1 is 1.22 bits per heavy atom. The van der Waals surface area contributed by atoms with E-state index in [1.165, 1.54) is 11.8 Å². The molecule has 0 bridgehead atoms. The molecule has 18 heavy (non-hydrogen) atoms. The largest absolute Gasteiger partial charge is 0.481 e. The normalized spacial score (nSPS) is 10.3. The van der Waals surface area contributed by atoms with Crippen molar-refractivity contribution in [3.05, 3.63) is 21.9 Å². The Balaban J connectivity index is 2.18. The third kappa shape index (κ3) is 6.39. The second-order valence-corrected chi connectivity index (χ2v) is 5.49. The zero-order valence-corrected chi connectivity index (χ0v) is 11.4. The van der Waals surface area contributed by atoms with Crippen LogP contribution in [0.15, 0.2) is 12.1 Å². The molecule has 0 aromatic carbocycles. The van der Waals surface area contributed by atoms with Crippen LogP contribution >= 0.6 is 11.3 Å². The Labute approximate surface area is 111 Å². The summed E-state index contributed by atoms with van der Waals surface area (Å²) in [7, 11) is 0. The van der Waals surface area contributed by atoms with Crippen molar-refractivity contribution in [3.8, 4) is 0 Å². The average molecular weight is 269 g/mol. The van der Waals surface area contributed by atoms with Crippen molar-refractivity contribution in [1.82, 2.24) is 5.32 Å². The van der Waals surface area contributed by atoms with Crippen LogP contribution in [0.1, 0.15) is 42.4 Å². The lowest BCUT2D eigenvalue weighted by molar-refractivity contribution is -0.137. The van der Waals surface area contributed by atoms with Gasteiger partial charge in [-0.1, -0.05) is 6.42 Å². The maximum Gasteiger partial charge on any atom is 0.303 e. The quantitative estimate of drug-likeness (QED) is 0.713. The number of carboxylic acids is 1. The summed E-state index contributed by atoms with van der Waals surface area (Å²) in [5.74, 6) is -0.734. The number of amides is 1. The molecule has 0 fully saturated rings. The Morgan fingerprint density at radius 2 is 1.94 bits per heavy atom. The van der Waals surface area contributed by atoms with E-state index in [4.69, 9.17) is 5.11 Å². The Kier molecular flexibility index (Phi) is 6.43. The van der Waals surface area contributed by atoms with Crippen molar-refractivity contribution in [3.63, 3.8) is 0 Å². The lowest BCUT2D eigenvalue weighted by atomic mass is 10.1. The predicted molar refractivity (Wildman–Crippen MR) is 71.6 cm³/mol. The minimum atomic E-state index is -0.719. The first-order valence-corrected chi connectivity index (χ1v) is 6.93. The van der Waals surface area contributed by atoms with E-state index >= 15 is 0 Å². The molecule has 4 nitrogen and oxygen atoms in total. The Morgan fingerprint density at radius 3 is 2.61 bits per heavy atom. The number of hydrogen-bond acceptors (Lipinski definition) is 3. The maximum absolute atomic E-state index is 10.8. The molecule has 0 saturated heterocycles. The SMILES string of the molecule is CC(=O)NCc1ccc(CCCCCC(=O)O)s1. The number of aliphatic carboxylic acids is 1. The highest BCUT2D eigenvalue weighted by Crippen LogP contribution is 2.19. The van der Waals surface area contributed by atoms with E-state index in [-0.39, 0.29) is 12.3 Å². The van der Waals surface area contributed by atoms with Gasteiger partial charge in [-0.3, -0.25) is 9.59 Å². The minimum Gasteiger partial charge on any atom is -0.481 e. The van der Waals surface area contributed by atoms with E-state index in [0.29, 0.717) is 6.54 Å². The highest BCUT2D eigenvalue weighted by molar-refractivity contribution is 7.11. The van der Waals surface area contributed by atoms with Crippen molar-refractivity contribution in [2.45, 2.75) is 45.6 Å². The lowest BCUT2D eigenvalue weighted by Gasteiger charge is -1.99. The van der Waals surface area contributed by atoms with Crippen LogP contribution in [-0.2, 0) is 22.6 Å². The Bertz CT molecular complexity index is 401. The molecule has 0 aliphatic rings. The fraction of sp³-hybridized carbons (Fsp3) is 0.538. The van der Waals surface area contributed by atoms with Crippen LogP contribution < -0.4 is 5.32 Å². The number of carboxylic acid groups (broad SMARTS) is 1. The third-order valence-electron chi connectivity index (χ3n) is 2.54. The van der Waals surface area contributed by atoms with Crippen molar-refractivity contribution in [2.24, 2.45) is 0 Å². The molecule has 0 radical (unpaired) electrons. The zero-order valence-electron chi connectivity index (χ0n) is 10.6. The lowest BCUT2D eigenvalue weighted by Crippen LogP contribution is -2.17. The van der Waals surface area contributed by atoms with Gasteiger partial charge in [-0.05, 0) is 31.4 Å². The maximum atomic E-state index is 10.8. The van der Waals surface area contributed by atoms with Gasteiger partial charge in [0.2, 0.25) is 5.91 Å². The number of carbonyl (C=O) groups is 2. The summed E-state index contributed by atoms with van der Waals surface area (Å²) in [6.07, 6.45) is 3.97. The highest BCUT2D eigenvalue weighted by Gasteiger charge is 2.02. The summed E-state index contributed by atoms with van der Waals surface area (Å²) in [5, 5.41) is 11.3. The number of nitrogens with one attached hydrogen (secondary N) is 1. The average Bonchev–Trinajstić information content (AvgIpc) is 2.73. The van der Waals surface area contributed by atoms with E-state index in [0.717, 1.165) is 30.6 Å². The van der Waals surface area contributed by atoms with Gasteiger partial charge in [0.1, 0.15) is 0 Å². The number of carbonyl (C=O) groups excluding carboxylic acids is 1. The first kappa shape index (κ1) is 14.7. The molecule has 0 saturated carbocycles. The summed E-state index contributed by atoms with van der Waals surface area (Å²) >= 11 is 1.71. The van der Waals surface area contributed by atoms with Gasteiger partial charge in [-0.15, -0.1) is 11.3 Å². The molecule has 1 heterocycles. The van der Waals surface area contributed by atoms with Crippen molar-refractivity contribution < 1.29 is 14.7 Å². The highest BCUT2D eigenvalue weighted by atomic mass is 32.1. The van der Waals surface area contributed by atoms with Gasteiger partial charge in [-0.2, -0.15) is 0 Å². The summed E-state index contributed by atoms with van der Waals surface area (Å²) in [6.45, 7) is 2.11. The topological polar surface area (TPSA) is 66.4 Å². The van der Waals surface area contributed by atoms with Crippen LogP contribution in [0.25, 0.3) is 0 Å². The number of aryl methyl sites for hydroxylation is 1. The van der Waals surface area contributed by atoms with Crippen LogP contribution in [0.5, 0.6) is 0 Å². The molecule has 1 rings (SSSR count). The molecule has 0 aliphatic heterocycles. The fourth-order valence-corrected chi connectivity index (χ4v) is 2.62.